The number of carbonyl (C=O) groups is 3. The van der Waals surface area contributed by atoms with E-state index in [9.17, 15) is 14.4 Å². The Hall–Kier alpha value is -1.39. The number of ether oxygens (including phenoxy) is 2. The summed E-state index contributed by atoms with van der Waals surface area (Å²) >= 11 is 0. The lowest BCUT2D eigenvalue weighted by atomic mass is 9.99. The first kappa shape index (κ1) is 21.6. The number of hydrogen-bond donors (Lipinski definition) is 0. The lowest BCUT2D eigenvalue weighted by Crippen LogP contribution is -2.36. The van der Waals surface area contributed by atoms with Gasteiger partial charge >= 0.3 is 11.9 Å². The van der Waals surface area contributed by atoms with Gasteiger partial charge in [-0.25, -0.2) is 0 Å². The number of unbranched alkanes of at least 4 members (excludes halogenated alkanes) is 2. The van der Waals surface area contributed by atoms with Crippen molar-refractivity contribution in [3.63, 3.8) is 0 Å². The molecular formula is C18H32O5. The van der Waals surface area contributed by atoms with E-state index in [0.29, 0.717) is 19.3 Å². The molecule has 134 valence electrons. The van der Waals surface area contributed by atoms with Gasteiger partial charge in [0, 0.05) is 6.42 Å². The van der Waals surface area contributed by atoms with E-state index in [1.807, 2.05) is 0 Å². The molecule has 0 aromatic heterocycles. The summed E-state index contributed by atoms with van der Waals surface area (Å²) in [4.78, 5) is 35.5. The second kappa shape index (κ2) is 9.04. The molecule has 0 fully saturated rings. The molecule has 0 aliphatic heterocycles. The van der Waals surface area contributed by atoms with Crippen molar-refractivity contribution in [3.05, 3.63) is 0 Å². The number of Topliss-reactive ketones (excluding diaryl/α,β-unsaturated/α-hetero) is 1. The lowest BCUT2D eigenvalue weighted by Gasteiger charge is -2.26. The van der Waals surface area contributed by atoms with Crippen LogP contribution < -0.4 is 0 Å². The second-order valence-corrected chi connectivity index (χ2v) is 7.92. The first-order chi connectivity index (χ1) is 10.3. The molecule has 0 aliphatic carbocycles. The van der Waals surface area contributed by atoms with Gasteiger partial charge < -0.3 is 14.3 Å². The summed E-state index contributed by atoms with van der Waals surface area (Å²) in [6, 6.07) is 0. The van der Waals surface area contributed by atoms with E-state index in [1.165, 1.54) is 0 Å². The molecule has 0 N–H and O–H groups in total. The topological polar surface area (TPSA) is 69.7 Å². The highest BCUT2D eigenvalue weighted by Gasteiger charge is 2.34. The Morgan fingerprint density at radius 3 is 1.57 bits per heavy atom. The summed E-state index contributed by atoms with van der Waals surface area (Å²) < 4.78 is 10.7. The molecular weight excluding hydrogens is 296 g/mol. The fourth-order valence-corrected chi connectivity index (χ4v) is 1.98. The zero-order valence-corrected chi connectivity index (χ0v) is 15.7. The number of hydrogen-bond acceptors (Lipinski definition) is 5. The number of rotatable bonds is 8. The van der Waals surface area contributed by atoms with Crippen molar-refractivity contribution in [2.75, 3.05) is 0 Å². The molecule has 0 radical (unpaired) electrons. The number of carbonyl (C=O) groups excluding carboxylic acids is 3. The van der Waals surface area contributed by atoms with Gasteiger partial charge in [-0.1, -0.05) is 12.8 Å². The molecule has 0 aliphatic rings. The van der Waals surface area contributed by atoms with Crippen LogP contribution in [0.25, 0.3) is 0 Å². The monoisotopic (exact) mass is 328 g/mol. The Labute approximate surface area is 140 Å². The van der Waals surface area contributed by atoms with Crippen LogP contribution in [0.3, 0.4) is 0 Å². The number of ketones is 1. The van der Waals surface area contributed by atoms with Gasteiger partial charge in [-0.05, 0) is 61.3 Å². The van der Waals surface area contributed by atoms with E-state index in [2.05, 4.69) is 0 Å². The first-order valence-corrected chi connectivity index (χ1v) is 8.27. The van der Waals surface area contributed by atoms with Crippen molar-refractivity contribution >= 4 is 17.7 Å². The largest absolute Gasteiger partial charge is 0.459 e. The second-order valence-electron chi connectivity index (χ2n) is 7.92. The van der Waals surface area contributed by atoms with E-state index < -0.39 is 29.1 Å². The Morgan fingerprint density at radius 2 is 1.22 bits per heavy atom. The van der Waals surface area contributed by atoms with E-state index in [-0.39, 0.29) is 5.78 Å². The van der Waals surface area contributed by atoms with Crippen LogP contribution in [-0.4, -0.2) is 28.9 Å². The fraction of sp³-hybridized carbons (Fsp3) is 0.833. The van der Waals surface area contributed by atoms with Gasteiger partial charge in [-0.3, -0.25) is 9.59 Å². The van der Waals surface area contributed by atoms with Crippen LogP contribution in [0.4, 0.5) is 0 Å². The molecule has 0 spiro atoms. The Morgan fingerprint density at radius 1 is 0.783 bits per heavy atom. The zero-order chi connectivity index (χ0) is 18.3. The van der Waals surface area contributed by atoms with Crippen LogP contribution in [0.15, 0.2) is 0 Å². The molecule has 5 nitrogen and oxygen atoms in total. The van der Waals surface area contributed by atoms with Crippen LogP contribution in [0.2, 0.25) is 0 Å². The third kappa shape index (κ3) is 11.8. The predicted molar refractivity (Wildman–Crippen MR) is 88.9 cm³/mol. The molecule has 0 bridgehead atoms. The highest BCUT2D eigenvalue weighted by Crippen LogP contribution is 2.21. The van der Waals surface area contributed by atoms with Gasteiger partial charge in [0.25, 0.3) is 0 Å². The van der Waals surface area contributed by atoms with Crippen molar-refractivity contribution in [2.24, 2.45) is 5.92 Å². The molecule has 0 amide bonds. The number of esters is 2. The molecule has 0 saturated carbocycles. The van der Waals surface area contributed by atoms with Crippen LogP contribution in [0.5, 0.6) is 0 Å². The van der Waals surface area contributed by atoms with E-state index in [1.54, 1.807) is 48.5 Å². The minimum atomic E-state index is -0.911. The van der Waals surface area contributed by atoms with Crippen molar-refractivity contribution in [1.82, 2.24) is 0 Å². The van der Waals surface area contributed by atoms with Gasteiger partial charge in [-0.15, -0.1) is 0 Å². The van der Waals surface area contributed by atoms with Crippen LogP contribution >= 0.6 is 0 Å². The maximum Gasteiger partial charge on any atom is 0.320 e. The third-order valence-electron chi connectivity index (χ3n) is 2.90. The Balaban J connectivity index is 4.70. The minimum absolute atomic E-state index is 0.154. The van der Waals surface area contributed by atoms with Gasteiger partial charge in [0.05, 0.1) is 0 Å². The quantitative estimate of drug-likeness (QED) is 0.385. The van der Waals surface area contributed by atoms with Gasteiger partial charge in [0.1, 0.15) is 17.0 Å². The molecule has 0 heterocycles. The van der Waals surface area contributed by atoms with Gasteiger partial charge in [0.2, 0.25) is 0 Å². The van der Waals surface area contributed by atoms with Crippen LogP contribution in [-0.2, 0) is 23.9 Å². The molecule has 23 heavy (non-hydrogen) atoms. The van der Waals surface area contributed by atoms with Gasteiger partial charge in [0.15, 0.2) is 5.92 Å². The predicted octanol–water partition coefficient (Wildman–Crippen LogP) is 3.83. The molecule has 0 aromatic carbocycles. The van der Waals surface area contributed by atoms with E-state index in [4.69, 9.17) is 9.47 Å². The molecule has 0 saturated heterocycles. The molecule has 0 unspecified atom stereocenters. The summed E-state index contributed by atoms with van der Waals surface area (Å²) in [7, 11) is 0. The van der Waals surface area contributed by atoms with Crippen LogP contribution in [0.1, 0.15) is 80.6 Å². The highest BCUT2D eigenvalue weighted by molar-refractivity contribution is 5.95. The van der Waals surface area contributed by atoms with Crippen molar-refractivity contribution in [1.29, 1.82) is 0 Å². The zero-order valence-electron chi connectivity index (χ0n) is 15.7. The Bertz CT molecular complexity index is 384. The molecule has 0 aromatic rings. The summed E-state index contributed by atoms with van der Waals surface area (Å²) in [6.45, 7) is 12.2. The van der Waals surface area contributed by atoms with E-state index >= 15 is 0 Å². The van der Waals surface area contributed by atoms with Crippen molar-refractivity contribution < 1.29 is 23.9 Å². The summed E-state index contributed by atoms with van der Waals surface area (Å²) in [6.07, 6.45) is 3.15. The fourth-order valence-electron chi connectivity index (χ4n) is 1.98. The summed E-state index contributed by atoms with van der Waals surface area (Å²) in [5.74, 6) is -1.84. The average molecular weight is 328 g/mol. The third-order valence-corrected chi connectivity index (χ3v) is 2.90. The Kier molecular flexibility index (Phi) is 8.49. The molecule has 0 atom stereocenters. The maximum atomic E-state index is 12.3. The average Bonchev–Trinajstić information content (AvgIpc) is 2.28. The summed E-state index contributed by atoms with van der Waals surface area (Å²) in [5, 5.41) is 0. The van der Waals surface area contributed by atoms with Crippen LogP contribution in [0, 0.1) is 5.92 Å². The van der Waals surface area contributed by atoms with Gasteiger partial charge in [-0.2, -0.15) is 0 Å². The maximum absolute atomic E-state index is 12.3. The lowest BCUT2D eigenvalue weighted by molar-refractivity contribution is -0.174. The highest BCUT2D eigenvalue weighted by atomic mass is 16.6. The normalized spacial score (nSPS) is 12.2. The SMILES string of the molecule is CC(=O)CCCCCC(C(=O)OC(C)(C)C)C(=O)OC(C)(C)C. The minimum Gasteiger partial charge on any atom is -0.459 e. The molecule has 5 heteroatoms. The van der Waals surface area contributed by atoms with Crippen molar-refractivity contribution in [3.8, 4) is 0 Å². The standard InChI is InChI=1S/C18H32O5/c1-13(19)11-9-8-10-12-14(15(20)22-17(2,3)4)16(21)23-18(5,6)7/h14H,8-12H2,1-7H3. The first-order valence-electron chi connectivity index (χ1n) is 8.27. The molecule has 0 rings (SSSR count). The smallest absolute Gasteiger partial charge is 0.320 e. The summed E-state index contributed by atoms with van der Waals surface area (Å²) in [5.41, 5.74) is -1.29. The van der Waals surface area contributed by atoms with E-state index in [0.717, 1.165) is 12.8 Å². The van der Waals surface area contributed by atoms with Crippen molar-refractivity contribution in [2.45, 2.75) is 91.8 Å².